The number of hydrogen-bond acceptors (Lipinski definition) is 3. The molecule has 0 atom stereocenters. The third-order valence-corrected chi connectivity index (χ3v) is 13.1. The minimum Gasteiger partial charge on any atom is -0.449 e. The van der Waals surface area contributed by atoms with E-state index in [-0.39, 0.29) is 0 Å². The van der Waals surface area contributed by atoms with Crippen LogP contribution in [0.2, 0.25) is 0 Å². The molecule has 3 aliphatic rings. The predicted octanol–water partition coefficient (Wildman–Crippen LogP) is 15.9. The molecule has 10 aromatic carbocycles. The number of para-hydroxylation sites is 2. The zero-order chi connectivity index (χ0) is 40.8. The SMILES string of the molecule is c1ccc(N(c2ccccc2)c2cccc(-c3ccc(-c4ccc5c(c4)Oc4ccc6c(c4O5)-c4ccccc4C64c5ccccc5-c5ccccc54)c4ccccc34)c2)cc1. The van der Waals surface area contributed by atoms with Crippen LogP contribution in [0.5, 0.6) is 23.0 Å². The molecule has 3 heteroatoms. The van der Waals surface area contributed by atoms with E-state index in [1.165, 1.54) is 55.3 Å². The third-order valence-electron chi connectivity index (χ3n) is 13.1. The zero-order valence-electron chi connectivity index (χ0n) is 33.6. The third kappa shape index (κ3) is 4.94. The van der Waals surface area contributed by atoms with E-state index in [1.54, 1.807) is 0 Å². The molecule has 1 heterocycles. The van der Waals surface area contributed by atoms with Gasteiger partial charge in [0.15, 0.2) is 23.0 Å². The number of benzene rings is 10. The molecule has 1 spiro atoms. The monoisotopic (exact) mass is 791 g/mol. The number of anilines is 3. The van der Waals surface area contributed by atoms with E-state index in [4.69, 9.17) is 9.47 Å². The highest BCUT2D eigenvalue weighted by molar-refractivity contribution is 6.06. The number of hydrogen-bond donors (Lipinski definition) is 0. The van der Waals surface area contributed by atoms with Gasteiger partial charge in [-0.2, -0.15) is 0 Å². The first kappa shape index (κ1) is 34.7. The van der Waals surface area contributed by atoms with Crippen molar-refractivity contribution in [2.75, 3.05) is 4.90 Å². The van der Waals surface area contributed by atoms with Gasteiger partial charge < -0.3 is 14.4 Å². The summed E-state index contributed by atoms with van der Waals surface area (Å²) < 4.78 is 13.8. The van der Waals surface area contributed by atoms with E-state index < -0.39 is 5.41 Å². The van der Waals surface area contributed by atoms with Gasteiger partial charge in [-0.05, 0) is 127 Å². The zero-order valence-corrected chi connectivity index (χ0v) is 33.6. The highest BCUT2D eigenvalue weighted by Gasteiger charge is 2.53. The van der Waals surface area contributed by atoms with Crippen molar-refractivity contribution in [1.29, 1.82) is 0 Å². The fourth-order valence-electron chi connectivity index (χ4n) is 10.6. The Balaban J connectivity index is 0.888. The molecule has 0 radical (unpaired) electrons. The molecule has 0 amide bonds. The Labute approximate surface area is 360 Å². The lowest BCUT2D eigenvalue weighted by Crippen LogP contribution is -2.25. The molecule has 10 aromatic rings. The molecule has 13 rings (SSSR count). The van der Waals surface area contributed by atoms with Gasteiger partial charge >= 0.3 is 0 Å². The van der Waals surface area contributed by atoms with E-state index >= 15 is 0 Å². The summed E-state index contributed by atoms with van der Waals surface area (Å²) in [4.78, 5) is 2.31. The summed E-state index contributed by atoms with van der Waals surface area (Å²) in [6, 6.07) is 80.5. The summed E-state index contributed by atoms with van der Waals surface area (Å²) in [6.07, 6.45) is 0. The fraction of sp³-hybridized carbons (Fsp3) is 0.0169. The van der Waals surface area contributed by atoms with Crippen molar-refractivity contribution in [3.8, 4) is 67.5 Å². The smallest absolute Gasteiger partial charge is 0.178 e. The molecule has 0 bridgehead atoms. The van der Waals surface area contributed by atoms with Gasteiger partial charge in [-0.15, -0.1) is 0 Å². The Morgan fingerprint density at radius 3 is 1.47 bits per heavy atom. The predicted molar refractivity (Wildman–Crippen MR) is 252 cm³/mol. The van der Waals surface area contributed by atoms with Crippen LogP contribution in [0.4, 0.5) is 17.1 Å². The summed E-state index contributed by atoms with van der Waals surface area (Å²) >= 11 is 0. The molecule has 3 nitrogen and oxygen atoms in total. The van der Waals surface area contributed by atoms with Gasteiger partial charge in [-0.3, -0.25) is 0 Å². The molecular formula is C59H37NO2. The average Bonchev–Trinajstić information content (AvgIpc) is 3.81. The molecule has 1 aliphatic heterocycles. The largest absolute Gasteiger partial charge is 0.449 e. The van der Waals surface area contributed by atoms with E-state index in [9.17, 15) is 0 Å². The maximum absolute atomic E-state index is 6.98. The molecule has 62 heavy (non-hydrogen) atoms. The average molecular weight is 792 g/mol. The van der Waals surface area contributed by atoms with E-state index in [0.717, 1.165) is 50.8 Å². The molecule has 0 unspecified atom stereocenters. The first-order valence-electron chi connectivity index (χ1n) is 21.2. The highest BCUT2D eigenvalue weighted by atomic mass is 16.6. The maximum Gasteiger partial charge on any atom is 0.178 e. The van der Waals surface area contributed by atoms with Crippen LogP contribution in [-0.4, -0.2) is 0 Å². The van der Waals surface area contributed by atoms with E-state index in [2.05, 4.69) is 229 Å². The lowest BCUT2D eigenvalue weighted by atomic mass is 9.70. The molecular weight excluding hydrogens is 755 g/mol. The summed E-state index contributed by atoms with van der Waals surface area (Å²) in [7, 11) is 0. The summed E-state index contributed by atoms with van der Waals surface area (Å²) in [5.41, 5.74) is 17.4. The molecule has 0 saturated carbocycles. The van der Waals surface area contributed by atoms with Crippen LogP contribution in [0, 0.1) is 0 Å². The van der Waals surface area contributed by atoms with Crippen LogP contribution >= 0.6 is 0 Å². The molecule has 0 N–H and O–H groups in total. The second-order valence-electron chi connectivity index (χ2n) is 16.3. The number of nitrogens with zero attached hydrogens (tertiary/aromatic N) is 1. The Bertz CT molecular complexity index is 3340. The van der Waals surface area contributed by atoms with Crippen LogP contribution in [-0.2, 0) is 5.41 Å². The quantitative estimate of drug-likeness (QED) is 0.173. The first-order valence-corrected chi connectivity index (χ1v) is 21.2. The summed E-state index contributed by atoms with van der Waals surface area (Å²) in [6.45, 7) is 0. The summed E-state index contributed by atoms with van der Waals surface area (Å²) in [5.74, 6) is 2.90. The van der Waals surface area contributed by atoms with Crippen molar-refractivity contribution in [2.24, 2.45) is 0 Å². The first-order chi connectivity index (χ1) is 30.8. The van der Waals surface area contributed by atoms with Gasteiger partial charge in [-0.1, -0.05) is 170 Å². The minimum atomic E-state index is -0.445. The number of ether oxygens (including phenoxy) is 2. The molecule has 290 valence electrons. The van der Waals surface area contributed by atoms with Crippen molar-refractivity contribution < 1.29 is 9.47 Å². The van der Waals surface area contributed by atoms with Crippen LogP contribution < -0.4 is 14.4 Å². The second kappa shape index (κ2) is 13.4. The number of rotatable bonds is 5. The van der Waals surface area contributed by atoms with Crippen LogP contribution in [0.15, 0.2) is 224 Å². The lowest BCUT2D eigenvalue weighted by molar-refractivity contribution is 0.360. The van der Waals surface area contributed by atoms with Gasteiger partial charge in [0.25, 0.3) is 0 Å². The van der Waals surface area contributed by atoms with Gasteiger partial charge in [0.05, 0.1) is 5.41 Å². The molecule has 0 fully saturated rings. The van der Waals surface area contributed by atoms with Gasteiger partial charge in [0.2, 0.25) is 0 Å². The van der Waals surface area contributed by atoms with Crippen molar-refractivity contribution >= 4 is 27.8 Å². The Morgan fingerprint density at radius 1 is 0.306 bits per heavy atom. The Morgan fingerprint density at radius 2 is 0.823 bits per heavy atom. The van der Waals surface area contributed by atoms with Crippen molar-refractivity contribution in [2.45, 2.75) is 5.41 Å². The van der Waals surface area contributed by atoms with Crippen LogP contribution in [0.1, 0.15) is 22.3 Å². The second-order valence-corrected chi connectivity index (χ2v) is 16.3. The fourth-order valence-corrected chi connectivity index (χ4v) is 10.6. The highest BCUT2D eigenvalue weighted by Crippen LogP contribution is 2.66. The normalized spacial score (nSPS) is 13.2. The minimum absolute atomic E-state index is 0.445. The van der Waals surface area contributed by atoms with Crippen molar-refractivity contribution in [1.82, 2.24) is 0 Å². The van der Waals surface area contributed by atoms with Crippen molar-refractivity contribution in [3.63, 3.8) is 0 Å². The Hall–Kier alpha value is -8.14. The topological polar surface area (TPSA) is 21.7 Å². The lowest BCUT2D eigenvalue weighted by Gasteiger charge is -2.31. The van der Waals surface area contributed by atoms with Gasteiger partial charge in [-0.25, -0.2) is 0 Å². The molecule has 0 saturated heterocycles. The van der Waals surface area contributed by atoms with Crippen LogP contribution in [0.3, 0.4) is 0 Å². The number of fused-ring (bicyclic) bond motifs is 14. The van der Waals surface area contributed by atoms with E-state index in [1.807, 2.05) is 0 Å². The van der Waals surface area contributed by atoms with Gasteiger partial charge in [0.1, 0.15) is 0 Å². The van der Waals surface area contributed by atoms with Crippen LogP contribution in [0.25, 0.3) is 55.3 Å². The standard InChI is InChI=1S/C59H37NO2/c1-3-17-40(18-4-1)60(41-19-5-2-6-20-41)42-21-15-16-38(36-42)43-31-32-44(46-23-8-7-22-45(43)46)39-30-34-54-56(37-39)61-55-35-33-53-57(58(55)62-54)49-26-11-14-29-52(49)59(53)50-27-12-9-24-47(50)48-25-10-13-28-51(48)59/h1-37H. The Kier molecular flexibility index (Phi) is 7.52. The maximum atomic E-state index is 6.98. The molecule has 2 aliphatic carbocycles. The summed E-state index contributed by atoms with van der Waals surface area (Å²) in [5, 5.41) is 2.36. The molecule has 0 aromatic heterocycles. The van der Waals surface area contributed by atoms with E-state index in [0.29, 0.717) is 11.5 Å². The van der Waals surface area contributed by atoms with Crippen molar-refractivity contribution in [3.05, 3.63) is 247 Å². The van der Waals surface area contributed by atoms with Gasteiger partial charge in [0, 0.05) is 22.6 Å².